The third kappa shape index (κ3) is 5.01. The highest BCUT2D eigenvalue weighted by molar-refractivity contribution is 6.60. The molecule has 2 rings (SSSR count). The first kappa shape index (κ1) is 17.9. The Morgan fingerprint density at radius 3 is 1.61 bits per heavy atom. The van der Waals surface area contributed by atoms with E-state index >= 15 is 0 Å². The van der Waals surface area contributed by atoms with Crippen LogP contribution in [0.5, 0.6) is 0 Å². The van der Waals surface area contributed by atoms with Crippen molar-refractivity contribution in [2.24, 2.45) is 0 Å². The van der Waals surface area contributed by atoms with E-state index in [0.29, 0.717) is 25.9 Å². The third-order valence-electron chi connectivity index (χ3n) is 3.57. The highest BCUT2D eigenvalue weighted by Gasteiger charge is 2.40. The fraction of sp³-hybridized carbons (Fsp3) is 0.368. The van der Waals surface area contributed by atoms with E-state index in [2.05, 4.69) is 48.5 Å². The van der Waals surface area contributed by atoms with Gasteiger partial charge in [-0.3, -0.25) is 0 Å². The van der Waals surface area contributed by atoms with Gasteiger partial charge in [0, 0.05) is 25.9 Å². The van der Waals surface area contributed by atoms with Gasteiger partial charge in [-0.05, 0) is 37.5 Å². The number of hydrogen-bond acceptors (Lipinski definition) is 3. The Hall–Kier alpha value is -1.46. The van der Waals surface area contributed by atoms with Crippen LogP contribution in [0.25, 0.3) is 11.1 Å². The summed E-state index contributed by atoms with van der Waals surface area (Å²) >= 11 is 0. The zero-order valence-electron chi connectivity index (χ0n) is 14.2. The molecule has 0 radical (unpaired) electrons. The van der Waals surface area contributed by atoms with Gasteiger partial charge >= 0.3 is 8.80 Å². The van der Waals surface area contributed by atoms with E-state index in [0.717, 1.165) is 0 Å². The molecule has 0 saturated heterocycles. The van der Waals surface area contributed by atoms with Gasteiger partial charge in [-0.25, -0.2) is 0 Å². The molecule has 0 aliphatic rings. The average molecular weight is 331 g/mol. The second-order valence-electron chi connectivity index (χ2n) is 5.22. The second kappa shape index (κ2) is 8.98. The Morgan fingerprint density at radius 2 is 1.13 bits per heavy atom. The maximum Gasteiger partial charge on any atom is 0.505 e. The summed E-state index contributed by atoms with van der Waals surface area (Å²) in [5.41, 5.74) is 3.62. The van der Waals surface area contributed by atoms with Crippen molar-refractivity contribution in [3.8, 4) is 11.1 Å². The van der Waals surface area contributed by atoms with Crippen LogP contribution in [0.15, 0.2) is 54.6 Å². The molecular weight excluding hydrogens is 304 g/mol. The lowest BCUT2D eigenvalue weighted by atomic mass is 10.0. The standard InChI is InChI=1S/C19H26O3Si/c1-4-20-23(21-5-2,22-6-3)16-17-12-14-19(15-13-17)18-10-8-7-9-11-18/h7-15H,4-6,16H2,1-3H3. The Balaban J connectivity index is 2.16. The minimum atomic E-state index is -2.63. The van der Waals surface area contributed by atoms with E-state index in [1.807, 2.05) is 26.8 Å². The van der Waals surface area contributed by atoms with Crippen molar-refractivity contribution >= 4 is 8.80 Å². The number of hydrogen-bond donors (Lipinski definition) is 0. The number of rotatable bonds is 9. The normalized spacial score (nSPS) is 11.6. The second-order valence-corrected chi connectivity index (χ2v) is 7.81. The topological polar surface area (TPSA) is 27.7 Å². The Labute approximate surface area is 140 Å². The van der Waals surface area contributed by atoms with Gasteiger partial charge in [0.15, 0.2) is 0 Å². The molecule has 4 heteroatoms. The fourth-order valence-electron chi connectivity index (χ4n) is 2.63. The van der Waals surface area contributed by atoms with Crippen molar-refractivity contribution in [2.75, 3.05) is 19.8 Å². The van der Waals surface area contributed by atoms with E-state index in [-0.39, 0.29) is 0 Å². The molecule has 0 amide bonds. The average Bonchev–Trinajstić information content (AvgIpc) is 2.57. The van der Waals surface area contributed by atoms with Crippen molar-refractivity contribution in [2.45, 2.75) is 26.8 Å². The summed E-state index contributed by atoms with van der Waals surface area (Å²) < 4.78 is 17.8. The maximum absolute atomic E-state index is 5.92. The molecular formula is C19H26O3Si. The maximum atomic E-state index is 5.92. The van der Waals surface area contributed by atoms with Gasteiger partial charge < -0.3 is 13.3 Å². The van der Waals surface area contributed by atoms with E-state index in [1.54, 1.807) is 0 Å². The van der Waals surface area contributed by atoms with E-state index in [1.165, 1.54) is 16.7 Å². The molecule has 2 aromatic rings. The molecule has 0 aromatic heterocycles. The molecule has 0 heterocycles. The lowest BCUT2D eigenvalue weighted by Crippen LogP contribution is -2.48. The minimum absolute atomic E-state index is 0.605. The van der Waals surface area contributed by atoms with Crippen molar-refractivity contribution < 1.29 is 13.3 Å². The van der Waals surface area contributed by atoms with Crippen LogP contribution in [0.1, 0.15) is 26.3 Å². The highest BCUT2D eigenvalue weighted by atomic mass is 28.4. The van der Waals surface area contributed by atoms with Gasteiger partial charge in [0.25, 0.3) is 0 Å². The Kier molecular flexibility index (Phi) is 6.99. The van der Waals surface area contributed by atoms with Crippen molar-refractivity contribution in [1.29, 1.82) is 0 Å². The summed E-state index contributed by atoms with van der Waals surface area (Å²) in [6.07, 6.45) is 0. The SMILES string of the molecule is CCO[Si](Cc1ccc(-c2ccccc2)cc1)(OCC)OCC. The summed E-state index contributed by atoms with van der Waals surface area (Å²) in [5.74, 6) is 0. The zero-order chi connectivity index (χ0) is 16.5. The highest BCUT2D eigenvalue weighted by Crippen LogP contribution is 2.22. The summed E-state index contributed by atoms with van der Waals surface area (Å²) in [7, 11) is -2.63. The predicted molar refractivity (Wildman–Crippen MR) is 96.2 cm³/mol. The Morgan fingerprint density at radius 1 is 0.652 bits per heavy atom. The van der Waals surface area contributed by atoms with Gasteiger partial charge in [-0.1, -0.05) is 54.6 Å². The lowest BCUT2D eigenvalue weighted by molar-refractivity contribution is 0.0704. The molecule has 3 nitrogen and oxygen atoms in total. The molecule has 0 N–H and O–H groups in total. The van der Waals surface area contributed by atoms with Crippen LogP contribution in [0, 0.1) is 0 Å². The zero-order valence-corrected chi connectivity index (χ0v) is 15.2. The van der Waals surface area contributed by atoms with Crippen LogP contribution in [0.2, 0.25) is 0 Å². The van der Waals surface area contributed by atoms with Gasteiger partial charge in [0.1, 0.15) is 0 Å². The predicted octanol–water partition coefficient (Wildman–Crippen LogP) is 4.48. The summed E-state index contributed by atoms with van der Waals surface area (Å²) in [6.45, 7) is 7.77. The quantitative estimate of drug-likeness (QED) is 0.634. The molecule has 124 valence electrons. The minimum Gasteiger partial charge on any atom is -0.374 e. The summed E-state index contributed by atoms with van der Waals surface area (Å²) in [6, 6.07) is 19.7. The molecule has 0 bridgehead atoms. The largest absolute Gasteiger partial charge is 0.505 e. The molecule has 0 aliphatic carbocycles. The molecule has 0 aliphatic heterocycles. The van der Waals surface area contributed by atoms with E-state index in [9.17, 15) is 0 Å². The summed E-state index contributed by atoms with van der Waals surface area (Å²) in [5, 5.41) is 0. The van der Waals surface area contributed by atoms with Crippen LogP contribution in [-0.4, -0.2) is 28.6 Å². The monoisotopic (exact) mass is 330 g/mol. The molecule has 0 atom stereocenters. The van der Waals surface area contributed by atoms with Crippen LogP contribution in [0.4, 0.5) is 0 Å². The fourth-order valence-corrected chi connectivity index (χ4v) is 5.24. The van der Waals surface area contributed by atoms with Crippen LogP contribution < -0.4 is 0 Å². The van der Waals surface area contributed by atoms with E-state index < -0.39 is 8.80 Å². The van der Waals surface area contributed by atoms with Gasteiger partial charge in [0.2, 0.25) is 0 Å². The molecule has 0 spiro atoms. The first-order valence-electron chi connectivity index (χ1n) is 8.29. The molecule has 2 aromatic carbocycles. The smallest absolute Gasteiger partial charge is 0.374 e. The first-order valence-corrected chi connectivity index (χ1v) is 10.2. The third-order valence-corrected chi connectivity index (χ3v) is 6.60. The van der Waals surface area contributed by atoms with E-state index in [4.69, 9.17) is 13.3 Å². The van der Waals surface area contributed by atoms with Gasteiger partial charge in [0.05, 0.1) is 0 Å². The van der Waals surface area contributed by atoms with Gasteiger partial charge in [-0.15, -0.1) is 0 Å². The van der Waals surface area contributed by atoms with Crippen LogP contribution in [-0.2, 0) is 19.3 Å². The first-order chi connectivity index (χ1) is 11.2. The molecule has 0 unspecified atom stereocenters. The molecule has 0 saturated carbocycles. The lowest BCUT2D eigenvalue weighted by Gasteiger charge is -2.28. The molecule has 23 heavy (non-hydrogen) atoms. The van der Waals surface area contributed by atoms with Gasteiger partial charge in [-0.2, -0.15) is 0 Å². The Bertz CT molecular complexity index is 552. The van der Waals surface area contributed by atoms with Crippen molar-refractivity contribution in [1.82, 2.24) is 0 Å². The van der Waals surface area contributed by atoms with Crippen LogP contribution >= 0.6 is 0 Å². The van der Waals surface area contributed by atoms with Crippen molar-refractivity contribution in [3.05, 3.63) is 60.2 Å². The molecule has 0 fully saturated rings. The number of benzene rings is 2. The summed E-state index contributed by atoms with van der Waals surface area (Å²) in [4.78, 5) is 0. The van der Waals surface area contributed by atoms with Crippen LogP contribution in [0.3, 0.4) is 0 Å². The van der Waals surface area contributed by atoms with Crippen molar-refractivity contribution in [3.63, 3.8) is 0 Å².